The molecule has 3 rings (SSSR count). The van der Waals surface area contributed by atoms with Crippen molar-refractivity contribution in [2.75, 3.05) is 13.2 Å². The highest BCUT2D eigenvalue weighted by Crippen LogP contribution is 2.32. The Morgan fingerprint density at radius 2 is 2.04 bits per heavy atom. The number of carbonyl (C=O) groups is 1. The van der Waals surface area contributed by atoms with Gasteiger partial charge in [0.2, 0.25) is 0 Å². The third-order valence-electron chi connectivity index (χ3n) is 4.00. The fourth-order valence-electron chi connectivity index (χ4n) is 2.90. The van der Waals surface area contributed by atoms with Crippen LogP contribution in [-0.2, 0) is 4.79 Å². The first-order valence-corrected chi connectivity index (χ1v) is 8.74. The quantitative estimate of drug-likeness (QED) is 0.742. The van der Waals surface area contributed by atoms with Crippen molar-refractivity contribution < 1.29 is 9.53 Å². The summed E-state index contributed by atoms with van der Waals surface area (Å²) >= 11 is 9.30. The van der Waals surface area contributed by atoms with E-state index in [9.17, 15) is 4.79 Å². The zero-order valence-corrected chi connectivity index (χ0v) is 14.9. The highest BCUT2D eigenvalue weighted by Gasteiger charge is 2.29. The van der Waals surface area contributed by atoms with E-state index >= 15 is 0 Å². The van der Waals surface area contributed by atoms with Crippen LogP contribution in [0.2, 0.25) is 5.02 Å². The molecule has 1 aliphatic heterocycles. The number of benzene rings is 2. The second kappa shape index (κ2) is 7.37. The van der Waals surface area contributed by atoms with Crippen molar-refractivity contribution >= 4 is 33.4 Å². The average Bonchev–Trinajstić information content (AvgIpc) is 3.04. The molecule has 3 nitrogen and oxygen atoms in total. The Morgan fingerprint density at radius 3 is 2.78 bits per heavy atom. The number of likely N-dealkylation sites (tertiary alicyclic amines) is 1. The molecule has 0 unspecified atom stereocenters. The van der Waals surface area contributed by atoms with Gasteiger partial charge in [-0.25, -0.2) is 0 Å². The van der Waals surface area contributed by atoms with Gasteiger partial charge in [-0.15, -0.1) is 0 Å². The molecule has 1 fully saturated rings. The summed E-state index contributed by atoms with van der Waals surface area (Å²) in [6, 6.07) is 15.6. The highest BCUT2D eigenvalue weighted by atomic mass is 79.9. The summed E-state index contributed by atoms with van der Waals surface area (Å²) in [5.41, 5.74) is 1.19. The molecular weight excluding hydrogens is 378 g/mol. The first kappa shape index (κ1) is 16.3. The molecule has 1 saturated heterocycles. The van der Waals surface area contributed by atoms with E-state index in [-0.39, 0.29) is 18.6 Å². The predicted molar refractivity (Wildman–Crippen MR) is 94.8 cm³/mol. The lowest BCUT2D eigenvalue weighted by atomic mass is 10.0. The van der Waals surface area contributed by atoms with E-state index in [0.717, 1.165) is 23.9 Å². The second-order valence-electron chi connectivity index (χ2n) is 5.52. The van der Waals surface area contributed by atoms with E-state index in [1.54, 1.807) is 18.2 Å². The van der Waals surface area contributed by atoms with Gasteiger partial charge in [0.15, 0.2) is 6.61 Å². The minimum atomic E-state index is 0.0122. The summed E-state index contributed by atoms with van der Waals surface area (Å²) in [4.78, 5) is 14.5. The van der Waals surface area contributed by atoms with E-state index in [0.29, 0.717) is 10.8 Å². The van der Waals surface area contributed by atoms with Crippen molar-refractivity contribution in [2.45, 2.75) is 18.9 Å². The van der Waals surface area contributed by atoms with Crippen LogP contribution >= 0.6 is 27.5 Å². The minimum Gasteiger partial charge on any atom is -0.483 e. The first-order chi connectivity index (χ1) is 11.1. The summed E-state index contributed by atoms with van der Waals surface area (Å²) in [5.74, 6) is 0.636. The van der Waals surface area contributed by atoms with E-state index < -0.39 is 0 Å². The third-order valence-corrected chi connectivity index (χ3v) is 4.86. The molecule has 1 amide bonds. The molecule has 1 heterocycles. The Kier molecular flexibility index (Phi) is 5.23. The number of hydrogen-bond acceptors (Lipinski definition) is 2. The zero-order chi connectivity index (χ0) is 16.2. The molecule has 0 bridgehead atoms. The monoisotopic (exact) mass is 393 g/mol. The largest absolute Gasteiger partial charge is 0.483 e. The molecule has 5 heteroatoms. The third kappa shape index (κ3) is 3.88. The fourth-order valence-corrected chi connectivity index (χ4v) is 3.70. The Hall–Kier alpha value is -1.52. The molecule has 2 aromatic carbocycles. The lowest BCUT2D eigenvalue weighted by Gasteiger charge is -2.25. The summed E-state index contributed by atoms with van der Waals surface area (Å²) in [7, 11) is 0. The zero-order valence-electron chi connectivity index (χ0n) is 12.5. The molecular formula is C18H17BrClNO2. The van der Waals surface area contributed by atoms with Gasteiger partial charge in [-0.05, 0) is 52.5 Å². The lowest BCUT2D eigenvalue weighted by molar-refractivity contribution is -0.134. The van der Waals surface area contributed by atoms with Crippen molar-refractivity contribution in [3.05, 3.63) is 63.6 Å². The minimum absolute atomic E-state index is 0.0122. The summed E-state index contributed by atoms with van der Waals surface area (Å²) in [6.07, 6.45) is 2.02. The van der Waals surface area contributed by atoms with Gasteiger partial charge in [0.25, 0.3) is 5.91 Å². The van der Waals surface area contributed by atoms with Gasteiger partial charge in [-0.1, -0.05) is 41.9 Å². The molecule has 0 saturated carbocycles. The van der Waals surface area contributed by atoms with E-state index in [2.05, 4.69) is 28.1 Å². The highest BCUT2D eigenvalue weighted by molar-refractivity contribution is 9.10. The smallest absolute Gasteiger partial charge is 0.261 e. The number of nitrogens with zero attached hydrogens (tertiary/aromatic N) is 1. The average molecular weight is 395 g/mol. The number of carbonyl (C=O) groups excluding carboxylic acids is 1. The van der Waals surface area contributed by atoms with Crippen LogP contribution in [-0.4, -0.2) is 24.0 Å². The molecule has 0 spiro atoms. The van der Waals surface area contributed by atoms with Crippen LogP contribution in [0.1, 0.15) is 24.4 Å². The van der Waals surface area contributed by atoms with E-state index in [1.165, 1.54) is 5.56 Å². The van der Waals surface area contributed by atoms with Gasteiger partial charge < -0.3 is 9.64 Å². The van der Waals surface area contributed by atoms with Crippen molar-refractivity contribution in [3.8, 4) is 5.75 Å². The first-order valence-electron chi connectivity index (χ1n) is 7.57. The van der Waals surface area contributed by atoms with Crippen molar-refractivity contribution in [2.24, 2.45) is 0 Å². The van der Waals surface area contributed by atoms with Gasteiger partial charge >= 0.3 is 0 Å². The van der Waals surface area contributed by atoms with Crippen LogP contribution in [0.5, 0.6) is 5.75 Å². The van der Waals surface area contributed by atoms with Gasteiger partial charge in [0.05, 0.1) is 10.5 Å². The molecule has 0 aliphatic carbocycles. The molecule has 1 aliphatic rings. The molecule has 0 aromatic heterocycles. The molecule has 0 radical (unpaired) electrons. The normalized spacial score (nSPS) is 17.3. The lowest BCUT2D eigenvalue weighted by Crippen LogP contribution is -2.34. The van der Waals surface area contributed by atoms with Crippen LogP contribution < -0.4 is 4.74 Å². The Balaban J connectivity index is 1.65. The van der Waals surface area contributed by atoms with Gasteiger partial charge in [0, 0.05) is 11.6 Å². The Bertz CT molecular complexity index is 693. The van der Waals surface area contributed by atoms with Crippen LogP contribution in [0.25, 0.3) is 0 Å². The fraction of sp³-hybridized carbons (Fsp3) is 0.278. The SMILES string of the molecule is O=C(COc1ccc(Cl)cc1Br)N1CCC[C@@H]1c1ccccc1. The maximum atomic E-state index is 12.5. The second-order valence-corrected chi connectivity index (χ2v) is 6.81. The number of rotatable bonds is 4. The van der Waals surface area contributed by atoms with Gasteiger partial charge in [-0.2, -0.15) is 0 Å². The Labute approximate surface area is 149 Å². The summed E-state index contributed by atoms with van der Waals surface area (Å²) < 4.78 is 6.40. The molecule has 120 valence electrons. The van der Waals surface area contributed by atoms with E-state index in [1.807, 2.05) is 23.1 Å². The number of hydrogen-bond donors (Lipinski definition) is 0. The number of halogens is 2. The van der Waals surface area contributed by atoms with Crippen LogP contribution in [0.4, 0.5) is 0 Å². The van der Waals surface area contributed by atoms with Crippen LogP contribution in [0.15, 0.2) is 53.0 Å². The van der Waals surface area contributed by atoms with Crippen LogP contribution in [0, 0.1) is 0 Å². The van der Waals surface area contributed by atoms with E-state index in [4.69, 9.17) is 16.3 Å². The molecule has 1 atom stereocenters. The number of ether oxygens (including phenoxy) is 1. The predicted octanol–water partition coefficient (Wildman–Crippen LogP) is 4.85. The summed E-state index contributed by atoms with van der Waals surface area (Å²) in [5, 5.41) is 0.624. The van der Waals surface area contributed by atoms with Crippen molar-refractivity contribution in [1.82, 2.24) is 4.90 Å². The Morgan fingerprint density at radius 1 is 1.26 bits per heavy atom. The van der Waals surface area contributed by atoms with Crippen molar-refractivity contribution in [1.29, 1.82) is 0 Å². The van der Waals surface area contributed by atoms with Gasteiger partial charge in [0.1, 0.15) is 5.75 Å². The van der Waals surface area contributed by atoms with Crippen molar-refractivity contribution in [3.63, 3.8) is 0 Å². The van der Waals surface area contributed by atoms with Gasteiger partial charge in [-0.3, -0.25) is 4.79 Å². The molecule has 2 aromatic rings. The maximum absolute atomic E-state index is 12.5. The molecule has 23 heavy (non-hydrogen) atoms. The number of amides is 1. The molecule has 0 N–H and O–H groups in total. The summed E-state index contributed by atoms with van der Waals surface area (Å²) in [6.45, 7) is 0.813. The standard InChI is InChI=1S/C18H17BrClNO2/c19-15-11-14(20)8-9-17(15)23-12-18(22)21-10-4-7-16(21)13-5-2-1-3-6-13/h1-3,5-6,8-9,11,16H,4,7,10,12H2/t16-/m1/s1. The maximum Gasteiger partial charge on any atom is 0.261 e. The van der Waals surface area contributed by atoms with Crippen LogP contribution in [0.3, 0.4) is 0 Å². The topological polar surface area (TPSA) is 29.5 Å².